The largest absolute Gasteiger partial charge is 0.469 e. The summed E-state index contributed by atoms with van der Waals surface area (Å²) in [7, 11) is 1.34. The Kier molecular flexibility index (Phi) is 5.10. The second kappa shape index (κ2) is 6.36. The molecule has 0 aliphatic rings. The van der Waals surface area contributed by atoms with E-state index in [0.717, 1.165) is 16.7 Å². The third kappa shape index (κ3) is 3.34. The zero-order valence-corrected chi connectivity index (χ0v) is 12.1. The molecule has 4 nitrogen and oxygen atoms in total. The van der Waals surface area contributed by atoms with Crippen LogP contribution in [0.1, 0.15) is 39.5 Å². The molecule has 0 saturated carbocycles. The summed E-state index contributed by atoms with van der Waals surface area (Å²) >= 11 is 0. The summed E-state index contributed by atoms with van der Waals surface area (Å²) in [6, 6.07) is 1.93. The molecule has 0 saturated heterocycles. The van der Waals surface area contributed by atoms with Gasteiger partial charge in [0.1, 0.15) is 0 Å². The van der Waals surface area contributed by atoms with Crippen LogP contribution in [0.5, 0.6) is 0 Å². The van der Waals surface area contributed by atoms with E-state index in [2.05, 4.69) is 0 Å². The third-order valence-electron chi connectivity index (χ3n) is 3.20. The van der Waals surface area contributed by atoms with Crippen LogP contribution in [0, 0.1) is 20.8 Å². The lowest BCUT2D eigenvalue weighted by Crippen LogP contribution is -2.16. The summed E-state index contributed by atoms with van der Waals surface area (Å²) in [6.07, 6.45) is 0.0823. The quantitative estimate of drug-likeness (QED) is 0.784. The standard InChI is InChI=1S/C15H20O4/c1-6-19-15(17)14-10(3)7-9(2)11(4)12(14)8-13(16)18-5/h7H,6,8H2,1-5H3. The number of methoxy groups -OCH3 is 1. The van der Waals surface area contributed by atoms with Gasteiger partial charge in [0, 0.05) is 0 Å². The lowest BCUT2D eigenvalue weighted by Gasteiger charge is -2.16. The predicted octanol–water partition coefficient (Wildman–Crippen LogP) is 2.50. The SMILES string of the molecule is CCOC(=O)c1c(C)cc(C)c(C)c1CC(=O)OC. The van der Waals surface area contributed by atoms with Crippen molar-refractivity contribution in [3.63, 3.8) is 0 Å². The first kappa shape index (κ1) is 15.2. The molecule has 0 aliphatic carbocycles. The summed E-state index contributed by atoms with van der Waals surface area (Å²) in [5.74, 6) is -0.749. The minimum absolute atomic E-state index is 0.0823. The highest BCUT2D eigenvalue weighted by molar-refractivity contribution is 5.94. The Morgan fingerprint density at radius 3 is 2.32 bits per heavy atom. The number of aryl methyl sites for hydroxylation is 2. The van der Waals surface area contributed by atoms with E-state index in [1.807, 2.05) is 26.8 Å². The maximum absolute atomic E-state index is 12.0. The highest BCUT2D eigenvalue weighted by Crippen LogP contribution is 2.24. The summed E-state index contributed by atoms with van der Waals surface area (Å²) in [5.41, 5.74) is 3.97. The average molecular weight is 264 g/mol. The molecule has 0 bridgehead atoms. The Labute approximate surface area is 113 Å². The predicted molar refractivity (Wildman–Crippen MR) is 72.3 cm³/mol. The molecular formula is C15H20O4. The molecule has 0 aromatic heterocycles. The van der Waals surface area contributed by atoms with E-state index in [1.165, 1.54) is 7.11 Å². The summed E-state index contributed by atoms with van der Waals surface area (Å²) in [5, 5.41) is 0. The van der Waals surface area contributed by atoms with Crippen molar-refractivity contribution >= 4 is 11.9 Å². The van der Waals surface area contributed by atoms with Crippen molar-refractivity contribution < 1.29 is 19.1 Å². The first-order chi connectivity index (χ1) is 8.92. The van der Waals surface area contributed by atoms with Crippen LogP contribution in [0.4, 0.5) is 0 Å². The van der Waals surface area contributed by atoms with Gasteiger partial charge in [-0.3, -0.25) is 4.79 Å². The molecular weight excluding hydrogens is 244 g/mol. The fourth-order valence-corrected chi connectivity index (χ4v) is 2.09. The van der Waals surface area contributed by atoms with Crippen LogP contribution < -0.4 is 0 Å². The monoisotopic (exact) mass is 264 g/mol. The molecule has 1 aromatic rings. The highest BCUT2D eigenvalue weighted by Gasteiger charge is 2.21. The van der Waals surface area contributed by atoms with Crippen LogP contribution in [-0.2, 0) is 20.7 Å². The molecule has 0 unspecified atom stereocenters. The van der Waals surface area contributed by atoms with Crippen LogP contribution in [0.2, 0.25) is 0 Å². The smallest absolute Gasteiger partial charge is 0.338 e. The Balaban J connectivity index is 3.37. The fourth-order valence-electron chi connectivity index (χ4n) is 2.09. The van der Waals surface area contributed by atoms with Gasteiger partial charge in [-0.05, 0) is 49.9 Å². The molecule has 1 aromatic carbocycles. The Morgan fingerprint density at radius 2 is 1.79 bits per heavy atom. The summed E-state index contributed by atoms with van der Waals surface area (Å²) in [4.78, 5) is 23.6. The van der Waals surface area contributed by atoms with E-state index < -0.39 is 0 Å². The van der Waals surface area contributed by atoms with Gasteiger partial charge < -0.3 is 9.47 Å². The van der Waals surface area contributed by atoms with Crippen molar-refractivity contribution in [1.29, 1.82) is 0 Å². The van der Waals surface area contributed by atoms with Crippen LogP contribution >= 0.6 is 0 Å². The van der Waals surface area contributed by atoms with Gasteiger partial charge in [-0.25, -0.2) is 4.79 Å². The van der Waals surface area contributed by atoms with Crippen molar-refractivity contribution in [2.24, 2.45) is 0 Å². The molecule has 0 amide bonds. The molecule has 0 atom stereocenters. The van der Waals surface area contributed by atoms with Crippen LogP contribution in [0.25, 0.3) is 0 Å². The molecule has 4 heteroatoms. The number of rotatable bonds is 4. The Hall–Kier alpha value is -1.84. The number of esters is 2. The molecule has 104 valence electrons. The minimum Gasteiger partial charge on any atom is -0.469 e. The lowest BCUT2D eigenvalue weighted by molar-refractivity contribution is -0.139. The molecule has 0 fully saturated rings. The molecule has 0 radical (unpaired) electrons. The van der Waals surface area contributed by atoms with Gasteiger partial charge in [-0.2, -0.15) is 0 Å². The van der Waals surface area contributed by atoms with Gasteiger partial charge >= 0.3 is 11.9 Å². The fraction of sp³-hybridized carbons (Fsp3) is 0.467. The topological polar surface area (TPSA) is 52.6 Å². The lowest BCUT2D eigenvalue weighted by atomic mass is 9.91. The maximum Gasteiger partial charge on any atom is 0.338 e. The van der Waals surface area contributed by atoms with Gasteiger partial charge in [0.25, 0.3) is 0 Å². The Bertz CT molecular complexity index is 503. The summed E-state index contributed by atoms with van der Waals surface area (Å²) in [6.45, 7) is 7.77. The van der Waals surface area contributed by atoms with Crippen molar-refractivity contribution in [3.8, 4) is 0 Å². The van der Waals surface area contributed by atoms with Crippen molar-refractivity contribution in [2.75, 3.05) is 13.7 Å². The number of hydrogen-bond acceptors (Lipinski definition) is 4. The molecule has 0 heterocycles. The number of carbonyl (C=O) groups is 2. The van der Waals surface area contributed by atoms with Crippen LogP contribution in [-0.4, -0.2) is 25.7 Å². The van der Waals surface area contributed by atoms with Gasteiger partial charge in [0.15, 0.2) is 0 Å². The second-order valence-corrected chi connectivity index (χ2v) is 4.46. The number of carbonyl (C=O) groups excluding carboxylic acids is 2. The zero-order valence-electron chi connectivity index (χ0n) is 12.1. The first-order valence-electron chi connectivity index (χ1n) is 6.25. The number of ether oxygens (including phenoxy) is 2. The molecule has 0 N–H and O–H groups in total. The minimum atomic E-state index is -0.387. The molecule has 0 spiro atoms. The van der Waals surface area contributed by atoms with Gasteiger partial charge in [0.05, 0.1) is 25.7 Å². The second-order valence-electron chi connectivity index (χ2n) is 4.46. The maximum atomic E-state index is 12.0. The third-order valence-corrected chi connectivity index (χ3v) is 3.20. The van der Waals surface area contributed by atoms with Crippen molar-refractivity contribution in [1.82, 2.24) is 0 Å². The average Bonchev–Trinajstić information content (AvgIpc) is 2.35. The van der Waals surface area contributed by atoms with E-state index in [9.17, 15) is 9.59 Å². The van der Waals surface area contributed by atoms with Gasteiger partial charge in [-0.1, -0.05) is 6.07 Å². The van der Waals surface area contributed by atoms with E-state index >= 15 is 0 Å². The normalized spacial score (nSPS) is 10.2. The molecule has 19 heavy (non-hydrogen) atoms. The Morgan fingerprint density at radius 1 is 1.16 bits per heavy atom. The molecule has 1 rings (SSSR count). The first-order valence-corrected chi connectivity index (χ1v) is 6.25. The molecule has 0 aliphatic heterocycles. The van der Waals surface area contributed by atoms with E-state index in [4.69, 9.17) is 9.47 Å². The van der Waals surface area contributed by atoms with Crippen molar-refractivity contribution in [2.45, 2.75) is 34.1 Å². The highest BCUT2D eigenvalue weighted by atomic mass is 16.5. The zero-order chi connectivity index (χ0) is 14.6. The van der Waals surface area contributed by atoms with E-state index in [1.54, 1.807) is 6.92 Å². The van der Waals surface area contributed by atoms with E-state index in [0.29, 0.717) is 17.7 Å². The van der Waals surface area contributed by atoms with E-state index in [-0.39, 0.29) is 18.4 Å². The van der Waals surface area contributed by atoms with Gasteiger partial charge in [0.2, 0.25) is 0 Å². The van der Waals surface area contributed by atoms with Gasteiger partial charge in [-0.15, -0.1) is 0 Å². The van der Waals surface area contributed by atoms with Crippen LogP contribution in [0.15, 0.2) is 6.07 Å². The summed E-state index contributed by atoms with van der Waals surface area (Å²) < 4.78 is 9.76. The number of benzene rings is 1. The van der Waals surface area contributed by atoms with Crippen molar-refractivity contribution in [3.05, 3.63) is 33.9 Å². The van der Waals surface area contributed by atoms with Crippen LogP contribution in [0.3, 0.4) is 0 Å². The number of hydrogen-bond donors (Lipinski definition) is 0.